The number of ether oxygens (including phenoxy) is 1. The Labute approximate surface area is 204 Å². The summed E-state index contributed by atoms with van der Waals surface area (Å²) in [5.74, 6) is 0.821. The summed E-state index contributed by atoms with van der Waals surface area (Å²) in [5.41, 5.74) is 2.39. The fraction of sp³-hybridized carbons (Fsp3) is 0.423. The van der Waals surface area contributed by atoms with E-state index in [4.69, 9.17) is 4.74 Å². The van der Waals surface area contributed by atoms with Crippen molar-refractivity contribution in [3.05, 3.63) is 70.8 Å². The molecule has 1 N–H and O–H groups in total. The monoisotopic (exact) mass is 482 g/mol. The molecule has 3 aromatic rings. The Bertz CT molecular complexity index is 1100. The highest BCUT2D eigenvalue weighted by molar-refractivity contribution is 7.07. The molecule has 2 aromatic carbocycles. The number of nitrogens with one attached hydrogen (secondary N) is 1. The maximum atomic E-state index is 13.1. The predicted molar refractivity (Wildman–Crippen MR) is 132 cm³/mol. The summed E-state index contributed by atoms with van der Waals surface area (Å²) in [5, 5.41) is 3.44. The molecule has 0 aliphatic carbocycles. The van der Waals surface area contributed by atoms with E-state index < -0.39 is 0 Å². The van der Waals surface area contributed by atoms with E-state index in [-0.39, 0.29) is 11.7 Å². The molecule has 1 saturated heterocycles. The van der Waals surface area contributed by atoms with Crippen molar-refractivity contribution in [3.8, 4) is 10.9 Å². The number of halogens is 1. The van der Waals surface area contributed by atoms with Gasteiger partial charge in [-0.1, -0.05) is 24.6 Å². The average molecular weight is 483 g/mol. The minimum Gasteiger partial charge on any atom is -0.430 e. The van der Waals surface area contributed by atoms with E-state index in [1.165, 1.54) is 31.4 Å². The summed E-state index contributed by atoms with van der Waals surface area (Å²) in [6.07, 6.45) is 5.29. The van der Waals surface area contributed by atoms with E-state index in [0.717, 1.165) is 42.2 Å². The molecule has 180 valence electrons. The number of hydrogen-bond acceptors (Lipinski definition) is 6. The van der Waals surface area contributed by atoms with Crippen LogP contribution in [0, 0.1) is 12.7 Å². The molecule has 0 saturated carbocycles. The van der Waals surface area contributed by atoms with Crippen molar-refractivity contribution in [1.82, 2.24) is 19.6 Å². The van der Waals surface area contributed by atoms with Crippen molar-refractivity contribution in [2.45, 2.75) is 52.0 Å². The number of rotatable bonds is 9. The summed E-state index contributed by atoms with van der Waals surface area (Å²) >= 11 is 1.16. The molecule has 8 heteroatoms. The molecule has 34 heavy (non-hydrogen) atoms. The Morgan fingerprint density at radius 3 is 2.85 bits per heavy atom. The highest BCUT2D eigenvalue weighted by Gasteiger charge is 2.17. The Morgan fingerprint density at radius 1 is 1.24 bits per heavy atom. The van der Waals surface area contributed by atoms with Gasteiger partial charge in [0.25, 0.3) is 11.1 Å². The Morgan fingerprint density at radius 2 is 2.06 bits per heavy atom. The summed E-state index contributed by atoms with van der Waals surface area (Å²) in [6.45, 7) is 7.04. The van der Waals surface area contributed by atoms with Gasteiger partial charge in [-0.3, -0.25) is 4.79 Å². The minimum atomic E-state index is -0.269. The van der Waals surface area contributed by atoms with Crippen LogP contribution in [0.4, 0.5) is 4.39 Å². The number of carbonyl (C=O) groups is 1. The number of amides is 1. The molecule has 2 heterocycles. The second-order valence-electron chi connectivity index (χ2n) is 8.85. The fourth-order valence-electron chi connectivity index (χ4n) is 4.16. The van der Waals surface area contributed by atoms with Gasteiger partial charge < -0.3 is 15.0 Å². The number of benzene rings is 2. The van der Waals surface area contributed by atoms with Crippen LogP contribution in [0.15, 0.2) is 42.5 Å². The lowest BCUT2D eigenvalue weighted by molar-refractivity contribution is 0.0948. The summed E-state index contributed by atoms with van der Waals surface area (Å²) in [6, 6.07) is 12.4. The smallest absolute Gasteiger partial charge is 0.298 e. The number of nitrogens with zero attached hydrogens (tertiary/aromatic N) is 3. The molecular formula is C26H31FN4O2S. The summed E-state index contributed by atoms with van der Waals surface area (Å²) in [7, 11) is 0. The Kier molecular flexibility index (Phi) is 8.24. The zero-order chi connectivity index (χ0) is 23.9. The summed E-state index contributed by atoms with van der Waals surface area (Å²) < 4.78 is 23.4. The van der Waals surface area contributed by atoms with Crippen molar-refractivity contribution >= 4 is 17.4 Å². The molecular weight excluding hydrogens is 451 g/mol. The second-order valence-corrected chi connectivity index (χ2v) is 9.57. The molecule has 4 rings (SSSR count). The van der Waals surface area contributed by atoms with Gasteiger partial charge >= 0.3 is 0 Å². The number of aromatic nitrogens is 2. The normalized spacial score (nSPS) is 16.4. The molecule has 1 amide bonds. The topological polar surface area (TPSA) is 67.4 Å². The maximum absolute atomic E-state index is 13.1. The highest BCUT2D eigenvalue weighted by Crippen LogP contribution is 2.28. The molecule has 6 nitrogen and oxygen atoms in total. The van der Waals surface area contributed by atoms with E-state index >= 15 is 0 Å². The first-order chi connectivity index (χ1) is 16.5. The van der Waals surface area contributed by atoms with Crippen LogP contribution in [-0.4, -0.2) is 45.8 Å². The van der Waals surface area contributed by atoms with Gasteiger partial charge in [-0.15, -0.1) is 0 Å². The van der Waals surface area contributed by atoms with Gasteiger partial charge in [0.15, 0.2) is 5.82 Å². The van der Waals surface area contributed by atoms with E-state index in [9.17, 15) is 9.18 Å². The lowest BCUT2D eigenvalue weighted by atomic mass is 10.0. The molecule has 0 radical (unpaired) electrons. The molecule has 0 bridgehead atoms. The number of aryl methyl sites for hydroxylation is 1. The second kappa shape index (κ2) is 11.5. The zero-order valence-corrected chi connectivity index (χ0v) is 20.5. The zero-order valence-electron chi connectivity index (χ0n) is 19.7. The van der Waals surface area contributed by atoms with E-state index in [1.54, 1.807) is 18.2 Å². The predicted octanol–water partition coefficient (Wildman–Crippen LogP) is 5.36. The highest BCUT2D eigenvalue weighted by atomic mass is 32.1. The van der Waals surface area contributed by atoms with E-state index in [1.807, 2.05) is 19.1 Å². The third kappa shape index (κ3) is 6.61. The van der Waals surface area contributed by atoms with Crippen LogP contribution in [0.25, 0.3) is 0 Å². The molecule has 1 aromatic heterocycles. The van der Waals surface area contributed by atoms with Gasteiger partial charge in [0, 0.05) is 42.6 Å². The maximum Gasteiger partial charge on any atom is 0.298 e. The molecule has 0 spiro atoms. The van der Waals surface area contributed by atoms with Gasteiger partial charge in [-0.05, 0) is 75.0 Å². The summed E-state index contributed by atoms with van der Waals surface area (Å²) in [4.78, 5) is 19.6. The molecule has 1 fully saturated rings. The standard InChI is InChI=1S/C26H31FN4O2S/c1-18-7-10-21(25(32)28-13-5-15-31-14-4-3-6-19(31)2)17-23(18)33-26-29-24(30-34-26)16-20-8-11-22(27)12-9-20/h7-12,17,19H,3-6,13-16H2,1-2H3,(H,28,32). The molecule has 1 atom stereocenters. The number of carbonyl (C=O) groups excluding carboxylic acids is 1. The molecule has 1 aliphatic rings. The fourth-order valence-corrected chi connectivity index (χ4v) is 4.72. The first kappa shape index (κ1) is 24.3. The Balaban J connectivity index is 1.30. The first-order valence-electron chi connectivity index (χ1n) is 11.9. The van der Waals surface area contributed by atoms with Crippen LogP contribution in [-0.2, 0) is 6.42 Å². The number of hydrogen-bond donors (Lipinski definition) is 1. The van der Waals surface area contributed by atoms with Crippen LogP contribution in [0.1, 0.15) is 59.9 Å². The quantitative estimate of drug-likeness (QED) is 0.416. The largest absolute Gasteiger partial charge is 0.430 e. The molecule has 1 aliphatic heterocycles. The van der Waals surface area contributed by atoms with Crippen molar-refractivity contribution < 1.29 is 13.9 Å². The van der Waals surface area contributed by atoms with Crippen molar-refractivity contribution in [1.29, 1.82) is 0 Å². The lowest BCUT2D eigenvalue weighted by Crippen LogP contribution is -2.39. The third-order valence-electron chi connectivity index (χ3n) is 6.22. The third-order valence-corrected chi connectivity index (χ3v) is 6.85. The SMILES string of the molecule is Cc1ccc(C(=O)NCCCN2CCCCC2C)cc1Oc1nc(Cc2ccc(F)cc2)ns1. The van der Waals surface area contributed by atoms with Crippen molar-refractivity contribution in [2.24, 2.45) is 0 Å². The average Bonchev–Trinajstić information content (AvgIpc) is 3.27. The van der Waals surface area contributed by atoms with E-state index in [2.05, 4.69) is 26.5 Å². The van der Waals surface area contributed by atoms with Crippen LogP contribution >= 0.6 is 11.5 Å². The van der Waals surface area contributed by atoms with Crippen molar-refractivity contribution in [3.63, 3.8) is 0 Å². The Hall–Kier alpha value is -2.84. The van der Waals surface area contributed by atoms with Crippen LogP contribution in [0.2, 0.25) is 0 Å². The minimum absolute atomic E-state index is 0.106. The van der Waals surface area contributed by atoms with Gasteiger partial charge in [0.2, 0.25) is 0 Å². The van der Waals surface area contributed by atoms with Gasteiger partial charge in [-0.2, -0.15) is 9.36 Å². The molecule has 1 unspecified atom stereocenters. The van der Waals surface area contributed by atoms with E-state index in [0.29, 0.717) is 41.3 Å². The number of likely N-dealkylation sites (tertiary alicyclic amines) is 1. The number of piperidine rings is 1. The van der Waals surface area contributed by atoms with Crippen LogP contribution in [0.3, 0.4) is 0 Å². The van der Waals surface area contributed by atoms with Gasteiger partial charge in [-0.25, -0.2) is 4.39 Å². The van der Waals surface area contributed by atoms with Crippen molar-refractivity contribution in [2.75, 3.05) is 19.6 Å². The lowest BCUT2D eigenvalue weighted by Gasteiger charge is -2.33. The first-order valence-corrected chi connectivity index (χ1v) is 12.6. The van der Waals surface area contributed by atoms with Crippen LogP contribution < -0.4 is 10.1 Å². The van der Waals surface area contributed by atoms with Gasteiger partial charge in [0.1, 0.15) is 11.6 Å². The van der Waals surface area contributed by atoms with Crippen LogP contribution in [0.5, 0.6) is 10.9 Å². The van der Waals surface area contributed by atoms with Gasteiger partial charge in [0.05, 0.1) is 0 Å².